The van der Waals surface area contributed by atoms with Gasteiger partial charge in [-0.2, -0.15) is 26.0 Å². The highest BCUT2D eigenvalue weighted by molar-refractivity contribution is 7.87. The summed E-state index contributed by atoms with van der Waals surface area (Å²) in [7, 11) is -6.41. The van der Waals surface area contributed by atoms with Crippen LogP contribution in [0.1, 0.15) is 83.5 Å². The number of alkyl halides is 4. The first-order valence-electron chi connectivity index (χ1n) is 15.5. The molecular formula is C29H36F4O11S. The average Bonchev–Trinajstić information content (AvgIpc) is 3.20. The molecule has 2 N–H and O–H groups in total. The van der Waals surface area contributed by atoms with E-state index in [2.05, 4.69) is 0 Å². The molecule has 1 spiro atoms. The maximum atomic E-state index is 13.9. The predicted molar refractivity (Wildman–Crippen MR) is 140 cm³/mol. The van der Waals surface area contributed by atoms with E-state index in [-0.39, 0.29) is 30.1 Å². The fourth-order valence-corrected chi connectivity index (χ4v) is 11.1. The highest BCUT2D eigenvalue weighted by Crippen LogP contribution is 2.65. The molecule has 0 aromatic rings. The summed E-state index contributed by atoms with van der Waals surface area (Å²) in [5, 5.41) is 5.15. The number of hydrogen-bond donors (Lipinski definition) is 2. The number of ether oxygens (including phenoxy) is 4. The molecule has 0 aromatic carbocycles. The second-order valence-corrected chi connectivity index (χ2v) is 16.5. The van der Waals surface area contributed by atoms with Crippen LogP contribution < -0.4 is 0 Å². The van der Waals surface area contributed by atoms with Gasteiger partial charge in [0, 0.05) is 18.3 Å². The van der Waals surface area contributed by atoms with Crippen molar-refractivity contribution >= 4 is 28.0 Å². The Kier molecular flexibility index (Phi) is 6.84. The van der Waals surface area contributed by atoms with Crippen molar-refractivity contribution in [1.29, 1.82) is 0 Å². The van der Waals surface area contributed by atoms with Gasteiger partial charge in [-0.25, -0.2) is 4.79 Å². The van der Waals surface area contributed by atoms with Gasteiger partial charge in [-0.15, -0.1) is 0 Å². The third kappa shape index (κ3) is 4.90. The first kappa shape index (κ1) is 31.6. The SMILES string of the molecule is O=C(CC1OC2(OC1=O)C1CC3CC2CC(O)(C3)C1)OC12CC3CC(C1)CC(C(=O)OCCC(F)(F)C(F)(F)S(=O)(=O)O)(C3)C2. The lowest BCUT2D eigenvalue weighted by Crippen LogP contribution is -2.64. The molecule has 9 fully saturated rings. The van der Waals surface area contributed by atoms with Crippen LogP contribution in [0.3, 0.4) is 0 Å². The molecule has 1 saturated heterocycles. The number of carbonyl (C=O) groups excluding carboxylic acids is 3. The van der Waals surface area contributed by atoms with E-state index < -0.39 is 87.2 Å². The molecule has 9 aliphatic rings. The van der Waals surface area contributed by atoms with Crippen LogP contribution in [-0.4, -0.2) is 76.9 Å². The molecule has 5 unspecified atom stereocenters. The smallest absolute Gasteiger partial charge is 0.431 e. The fourth-order valence-electron chi connectivity index (χ4n) is 10.6. The topological polar surface area (TPSA) is 163 Å². The number of rotatable bonds is 9. The Morgan fingerprint density at radius 2 is 1.56 bits per heavy atom. The largest absolute Gasteiger partial charge is 0.465 e. The first-order chi connectivity index (χ1) is 20.8. The van der Waals surface area contributed by atoms with Crippen molar-refractivity contribution in [2.75, 3.05) is 6.61 Å². The van der Waals surface area contributed by atoms with Gasteiger partial charge in [-0.1, -0.05) is 0 Å². The first-order valence-corrected chi connectivity index (χ1v) is 17.0. The second-order valence-electron chi connectivity index (χ2n) is 15.0. The Hall–Kier alpha value is -2.04. The van der Waals surface area contributed by atoms with Gasteiger partial charge in [-0.3, -0.25) is 14.1 Å². The van der Waals surface area contributed by atoms with Crippen molar-refractivity contribution in [3.8, 4) is 0 Å². The average molecular weight is 669 g/mol. The Balaban J connectivity index is 0.991. The second kappa shape index (κ2) is 9.75. The van der Waals surface area contributed by atoms with Crippen molar-refractivity contribution in [3.63, 3.8) is 0 Å². The maximum absolute atomic E-state index is 13.9. The molecule has 5 atom stereocenters. The molecule has 11 nitrogen and oxygen atoms in total. The minimum absolute atomic E-state index is 0.0270. The molecule has 8 aliphatic carbocycles. The lowest BCUT2D eigenvalue weighted by molar-refractivity contribution is -0.314. The predicted octanol–water partition coefficient (Wildman–Crippen LogP) is 3.52. The van der Waals surface area contributed by atoms with Gasteiger partial charge < -0.3 is 24.1 Å². The lowest BCUT2D eigenvalue weighted by atomic mass is 9.48. The molecule has 45 heavy (non-hydrogen) atoms. The van der Waals surface area contributed by atoms with Crippen molar-refractivity contribution < 1.29 is 69.0 Å². The summed E-state index contributed by atoms with van der Waals surface area (Å²) >= 11 is 0. The van der Waals surface area contributed by atoms with E-state index in [1.165, 1.54) is 0 Å². The van der Waals surface area contributed by atoms with Crippen LogP contribution in [0, 0.1) is 35.0 Å². The number of hydrogen-bond acceptors (Lipinski definition) is 10. The van der Waals surface area contributed by atoms with Gasteiger partial charge in [0.2, 0.25) is 5.79 Å². The van der Waals surface area contributed by atoms with Gasteiger partial charge in [0.25, 0.3) is 0 Å². The highest BCUT2D eigenvalue weighted by Gasteiger charge is 2.69. The van der Waals surface area contributed by atoms with E-state index in [4.69, 9.17) is 23.5 Å². The minimum atomic E-state index is -6.41. The summed E-state index contributed by atoms with van der Waals surface area (Å²) in [5.74, 6) is -8.73. The Morgan fingerprint density at radius 3 is 2.13 bits per heavy atom. The quantitative estimate of drug-likeness (QED) is 0.160. The Morgan fingerprint density at radius 1 is 0.933 bits per heavy atom. The monoisotopic (exact) mass is 668 g/mol. The van der Waals surface area contributed by atoms with Crippen molar-refractivity contribution in [3.05, 3.63) is 0 Å². The summed E-state index contributed by atoms with van der Waals surface area (Å²) in [6.45, 7) is -1.22. The van der Waals surface area contributed by atoms with E-state index in [1.54, 1.807) is 0 Å². The summed E-state index contributed by atoms with van der Waals surface area (Å²) in [5.41, 5.74) is -3.07. The molecule has 1 heterocycles. The molecule has 0 radical (unpaired) electrons. The van der Waals surface area contributed by atoms with E-state index in [0.717, 1.165) is 25.7 Å². The van der Waals surface area contributed by atoms with Crippen LogP contribution in [0.4, 0.5) is 17.6 Å². The molecule has 9 rings (SSSR count). The van der Waals surface area contributed by atoms with Crippen molar-refractivity contribution in [2.24, 2.45) is 35.0 Å². The molecule has 16 heteroatoms. The van der Waals surface area contributed by atoms with Gasteiger partial charge in [0.1, 0.15) is 5.60 Å². The number of halogens is 4. The van der Waals surface area contributed by atoms with E-state index in [9.17, 15) is 45.5 Å². The molecular weight excluding hydrogens is 632 g/mol. The number of carbonyl (C=O) groups is 3. The van der Waals surface area contributed by atoms with Gasteiger partial charge in [-0.05, 0) is 82.0 Å². The minimum Gasteiger partial charge on any atom is -0.465 e. The van der Waals surface area contributed by atoms with Crippen LogP contribution in [0.15, 0.2) is 0 Å². The maximum Gasteiger partial charge on any atom is 0.431 e. The molecule has 0 aromatic heterocycles. The van der Waals surface area contributed by atoms with Crippen molar-refractivity contribution in [1.82, 2.24) is 0 Å². The summed E-state index contributed by atoms with van der Waals surface area (Å²) in [4.78, 5) is 39.5. The third-order valence-corrected chi connectivity index (χ3v) is 12.6. The standard InChI is InChI=1S/C29H36F4O11S/c30-27(31,29(32,33)45(38,39)40)1-2-41-23(36)24-7-16-3-17(8-24)11-26(10-16,14-24)43-21(34)6-20-22(35)44-28(42-20)18-4-15-5-19(28)13-25(37,9-15)12-18/h15-20,37H,1-14H2,(H,38,39,40). The number of esters is 3. The lowest BCUT2D eigenvalue weighted by Gasteiger charge is -2.60. The van der Waals surface area contributed by atoms with Gasteiger partial charge in [0.15, 0.2) is 6.10 Å². The van der Waals surface area contributed by atoms with Gasteiger partial charge in [0.05, 0.1) is 30.5 Å². The Bertz CT molecular complexity index is 1390. The Labute approximate surface area is 256 Å². The van der Waals surface area contributed by atoms with E-state index in [0.29, 0.717) is 44.4 Å². The molecule has 1 aliphatic heterocycles. The van der Waals surface area contributed by atoms with Crippen LogP contribution in [0.2, 0.25) is 0 Å². The zero-order valence-electron chi connectivity index (χ0n) is 24.4. The zero-order valence-corrected chi connectivity index (χ0v) is 25.2. The van der Waals surface area contributed by atoms with E-state index >= 15 is 0 Å². The molecule has 8 saturated carbocycles. The normalized spacial score (nSPS) is 44.8. The van der Waals surface area contributed by atoms with Crippen LogP contribution in [0.25, 0.3) is 0 Å². The van der Waals surface area contributed by atoms with Crippen LogP contribution in [0.5, 0.6) is 0 Å². The zero-order chi connectivity index (χ0) is 32.4. The summed E-state index contributed by atoms with van der Waals surface area (Å²) in [6.07, 6.45) is 2.13. The molecule has 252 valence electrons. The van der Waals surface area contributed by atoms with Crippen molar-refractivity contribution in [2.45, 2.75) is 118 Å². The molecule has 0 amide bonds. The van der Waals surface area contributed by atoms with Gasteiger partial charge >= 0.3 is 39.2 Å². The third-order valence-electron chi connectivity index (χ3n) is 11.7. The van der Waals surface area contributed by atoms with E-state index in [1.807, 2.05) is 0 Å². The van der Waals surface area contributed by atoms with Crippen LogP contribution in [-0.2, 0) is 43.4 Å². The highest BCUT2D eigenvalue weighted by atomic mass is 32.2. The molecule has 8 bridgehead atoms. The van der Waals surface area contributed by atoms with Crippen LogP contribution >= 0.6 is 0 Å². The summed E-state index contributed by atoms with van der Waals surface area (Å²) < 4.78 is 108. The fraction of sp³-hybridized carbons (Fsp3) is 0.897. The summed E-state index contributed by atoms with van der Waals surface area (Å²) in [6, 6.07) is 0. The number of aliphatic hydroxyl groups is 1.